The van der Waals surface area contributed by atoms with Gasteiger partial charge in [0, 0.05) is 24.5 Å². The molecule has 2 aromatic heterocycles. The number of carbonyl (C=O) groups is 1. The number of benzene rings is 2. The molecule has 0 spiro atoms. The molecule has 0 aliphatic heterocycles. The number of amides is 1. The largest absolute Gasteiger partial charge is 0.493 e. The lowest BCUT2D eigenvalue weighted by molar-refractivity contribution is 0.0940. The molecule has 0 saturated carbocycles. The highest BCUT2D eigenvalue weighted by atomic mass is 19.1. The SMILES string of the molecule is COc1cc(-c2ccc(CNc3ncc(C#N)cc3C(=O)NC(C)c3ccc(F)cc3)cc2)cnc1N. The van der Waals surface area contributed by atoms with Crippen molar-refractivity contribution in [3.05, 3.63) is 101 Å². The summed E-state index contributed by atoms with van der Waals surface area (Å²) in [5, 5.41) is 15.4. The summed E-state index contributed by atoms with van der Waals surface area (Å²) in [6.45, 7) is 2.20. The van der Waals surface area contributed by atoms with E-state index in [0.29, 0.717) is 23.9 Å². The zero-order valence-electron chi connectivity index (χ0n) is 20.3. The molecule has 0 bridgehead atoms. The van der Waals surface area contributed by atoms with Crippen molar-refractivity contribution in [1.82, 2.24) is 15.3 Å². The molecular formula is C28H25FN6O2. The van der Waals surface area contributed by atoms with Crippen LogP contribution in [0.2, 0.25) is 0 Å². The van der Waals surface area contributed by atoms with E-state index >= 15 is 0 Å². The Hall–Kier alpha value is -4.97. The van der Waals surface area contributed by atoms with Gasteiger partial charge in [-0.1, -0.05) is 36.4 Å². The van der Waals surface area contributed by atoms with E-state index in [0.717, 1.165) is 22.3 Å². The molecule has 0 fully saturated rings. The van der Waals surface area contributed by atoms with Crippen LogP contribution >= 0.6 is 0 Å². The number of nitrogens with two attached hydrogens (primary N) is 1. The Morgan fingerprint density at radius 2 is 1.81 bits per heavy atom. The van der Waals surface area contributed by atoms with Gasteiger partial charge in [0.1, 0.15) is 17.7 Å². The Labute approximate surface area is 214 Å². The number of aromatic nitrogens is 2. The van der Waals surface area contributed by atoms with Gasteiger partial charge in [-0.2, -0.15) is 5.26 Å². The number of carbonyl (C=O) groups excluding carboxylic acids is 1. The van der Waals surface area contributed by atoms with Crippen LogP contribution in [0.5, 0.6) is 5.75 Å². The van der Waals surface area contributed by atoms with Crippen LogP contribution < -0.4 is 21.1 Å². The van der Waals surface area contributed by atoms with Crippen molar-refractivity contribution in [1.29, 1.82) is 5.26 Å². The molecule has 2 aromatic carbocycles. The fourth-order valence-electron chi connectivity index (χ4n) is 3.73. The van der Waals surface area contributed by atoms with Crippen LogP contribution in [-0.2, 0) is 6.54 Å². The number of pyridine rings is 2. The van der Waals surface area contributed by atoms with Crippen molar-refractivity contribution in [2.24, 2.45) is 0 Å². The second kappa shape index (κ2) is 11.2. The van der Waals surface area contributed by atoms with Gasteiger partial charge in [-0.15, -0.1) is 0 Å². The molecule has 0 aliphatic carbocycles. The molecule has 2 heterocycles. The van der Waals surface area contributed by atoms with E-state index in [1.807, 2.05) is 36.4 Å². The number of hydrogen-bond acceptors (Lipinski definition) is 7. The summed E-state index contributed by atoms with van der Waals surface area (Å²) in [5.41, 5.74) is 9.83. The van der Waals surface area contributed by atoms with Crippen molar-refractivity contribution >= 4 is 17.5 Å². The Balaban J connectivity index is 1.48. The van der Waals surface area contributed by atoms with Crippen molar-refractivity contribution in [2.45, 2.75) is 19.5 Å². The van der Waals surface area contributed by atoms with Gasteiger partial charge in [0.15, 0.2) is 11.6 Å². The van der Waals surface area contributed by atoms with Crippen molar-refractivity contribution in [3.63, 3.8) is 0 Å². The summed E-state index contributed by atoms with van der Waals surface area (Å²) in [4.78, 5) is 21.5. The number of anilines is 2. The third-order valence-corrected chi connectivity index (χ3v) is 5.83. The first kappa shape index (κ1) is 25.1. The molecule has 4 aromatic rings. The Morgan fingerprint density at radius 1 is 1.08 bits per heavy atom. The molecular weight excluding hydrogens is 471 g/mol. The normalized spacial score (nSPS) is 11.3. The summed E-state index contributed by atoms with van der Waals surface area (Å²) in [5.74, 6) is 0.435. The maximum atomic E-state index is 13.2. The number of ether oxygens (including phenoxy) is 1. The molecule has 4 N–H and O–H groups in total. The van der Waals surface area contributed by atoms with Gasteiger partial charge >= 0.3 is 0 Å². The number of nitriles is 1. The smallest absolute Gasteiger partial charge is 0.255 e. The summed E-state index contributed by atoms with van der Waals surface area (Å²) < 4.78 is 18.5. The van der Waals surface area contributed by atoms with E-state index in [9.17, 15) is 14.4 Å². The molecule has 0 saturated heterocycles. The van der Waals surface area contributed by atoms with Crippen LogP contribution in [0.15, 0.2) is 73.1 Å². The number of nitrogens with one attached hydrogen (secondary N) is 2. The topological polar surface area (TPSA) is 126 Å². The lowest BCUT2D eigenvalue weighted by Crippen LogP contribution is -2.28. The zero-order chi connectivity index (χ0) is 26.4. The Kier molecular flexibility index (Phi) is 7.59. The summed E-state index contributed by atoms with van der Waals surface area (Å²) >= 11 is 0. The van der Waals surface area contributed by atoms with Crippen LogP contribution in [0.25, 0.3) is 11.1 Å². The molecule has 4 rings (SSSR count). The standard InChI is InChI=1S/C28H25FN6O2/c1-17(20-7-9-23(29)10-8-20)35-28(36)24-11-19(13-30)15-34-27(24)33-14-18-3-5-21(6-4-18)22-12-25(37-2)26(31)32-16-22/h3-12,15-17H,14H2,1-2H3,(H2,31,32)(H,33,34)(H,35,36). The quantitative estimate of drug-likeness (QED) is 0.318. The number of halogens is 1. The minimum absolute atomic E-state index is 0.240. The maximum Gasteiger partial charge on any atom is 0.255 e. The molecule has 9 heteroatoms. The first-order valence-corrected chi connectivity index (χ1v) is 11.5. The number of methoxy groups -OCH3 is 1. The third kappa shape index (κ3) is 6.00. The molecule has 8 nitrogen and oxygen atoms in total. The molecule has 1 unspecified atom stereocenters. The van der Waals surface area contributed by atoms with Crippen molar-refractivity contribution < 1.29 is 13.9 Å². The average molecular weight is 497 g/mol. The van der Waals surface area contributed by atoms with Crippen LogP contribution in [0.1, 0.15) is 40.0 Å². The Morgan fingerprint density at radius 3 is 2.49 bits per heavy atom. The van der Waals surface area contributed by atoms with Gasteiger partial charge < -0.3 is 21.1 Å². The minimum Gasteiger partial charge on any atom is -0.493 e. The van der Waals surface area contributed by atoms with E-state index in [4.69, 9.17) is 10.5 Å². The zero-order valence-corrected chi connectivity index (χ0v) is 20.3. The van der Waals surface area contributed by atoms with E-state index in [1.54, 1.807) is 32.4 Å². The number of nitrogen functional groups attached to an aromatic ring is 1. The first-order valence-electron chi connectivity index (χ1n) is 11.5. The number of rotatable bonds is 8. The molecule has 1 atom stereocenters. The average Bonchev–Trinajstić information content (AvgIpc) is 2.92. The van der Waals surface area contributed by atoms with Crippen LogP contribution in [-0.4, -0.2) is 23.0 Å². The van der Waals surface area contributed by atoms with E-state index in [2.05, 4.69) is 20.6 Å². The highest BCUT2D eigenvalue weighted by Crippen LogP contribution is 2.27. The second-order valence-electron chi connectivity index (χ2n) is 8.34. The van der Waals surface area contributed by atoms with Crippen LogP contribution in [0.3, 0.4) is 0 Å². The van der Waals surface area contributed by atoms with E-state index in [-0.39, 0.29) is 23.0 Å². The fraction of sp³-hybridized carbons (Fsp3) is 0.143. The predicted molar refractivity (Wildman–Crippen MR) is 139 cm³/mol. The predicted octanol–water partition coefficient (Wildman–Crippen LogP) is 4.85. The maximum absolute atomic E-state index is 13.2. The Bertz CT molecular complexity index is 1450. The van der Waals surface area contributed by atoms with Crippen molar-refractivity contribution in [3.8, 4) is 22.9 Å². The summed E-state index contributed by atoms with van der Waals surface area (Å²) in [6, 6.07) is 18.7. The van der Waals surface area contributed by atoms with Gasteiger partial charge in [0.2, 0.25) is 0 Å². The fourth-order valence-corrected chi connectivity index (χ4v) is 3.73. The molecule has 0 aliphatic rings. The summed E-state index contributed by atoms with van der Waals surface area (Å²) in [7, 11) is 1.54. The highest BCUT2D eigenvalue weighted by Gasteiger charge is 2.17. The lowest BCUT2D eigenvalue weighted by Gasteiger charge is -2.16. The molecule has 1 amide bonds. The van der Waals surface area contributed by atoms with Gasteiger partial charge in [0.25, 0.3) is 5.91 Å². The highest BCUT2D eigenvalue weighted by molar-refractivity contribution is 5.99. The van der Waals surface area contributed by atoms with Gasteiger partial charge in [-0.05, 0) is 47.9 Å². The number of nitrogens with zero attached hydrogens (tertiary/aromatic N) is 3. The minimum atomic E-state index is -0.399. The van der Waals surface area contributed by atoms with Crippen molar-refractivity contribution in [2.75, 3.05) is 18.2 Å². The first-order chi connectivity index (χ1) is 17.9. The van der Waals surface area contributed by atoms with Gasteiger partial charge in [-0.25, -0.2) is 14.4 Å². The van der Waals surface area contributed by atoms with E-state index in [1.165, 1.54) is 24.4 Å². The molecule has 186 valence electrons. The number of hydrogen-bond donors (Lipinski definition) is 3. The van der Waals surface area contributed by atoms with E-state index < -0.39 is 5.91 Å². The lowest BCUT2D eigenvalue weighted by atomic mass is 10.1. The van der Waals surface area contributed by atoms with Gasteiger partial charge in [0.05, 0.1) is 24.3 Å². The van der Waals surface area contributed by atoms with Gasteiger partial charge in [-0.3, -0.25) is 4.79 Å². The second-order valence-corrected chi connectivity index (χ2v) is 8.34. The summed E-state index contributed by atoms with van der Waals surface area (Å²) in [6.07, 6.45) is 3.09. The van der Waals surface area contributed by atoms with Crippen LogP contribution in [0.4, 0.5) is 16.0 Å². The molecule has 0 radical (unpaired) electrons. The van der Waals surface area contributed by atoms with Crippen LogP contribution in [0, 0.1) is 17.1 Å². The molecule has 37 heavy (non-hydrogen) atoms. The third-order valence-electron chi connectivity index (χ3n) is 5.83. The monoisotopic (exact) mass is 496 g/mol.